The van der Waals surface area contributed by atoms with E-state index in [4.69, 9.17) is 11.8 Å². The van der Waals surface area contributed by atoms with Gasteiger partial charge in [0.05, 0.1) is 0 Å². The first kappa shape index (κ1) is 21.1. The highest BCUT2D eigenvalue weighted by Crippen LogP contribution is 2.34. The zero-order valence-corrected chi connectivity index (χ0v) is 15.3. The molecule has 0 atom stereocenters. The summed E-state index contributed by atoms with van der Waals surface area (Å²) < 4.78 is 0. The lowest BCUT2D eigenvalue weighted by molar-refractivity contribution is -0.131. The number of nitrogens with two attached hydrogens (primary N) is 1. The number of hydrogen-bond acceptors (Lipinski definition) is 5. The lowest BCUT2D eigenvalue weighted by Gasteiger charge is -2.35. The van der Waals surface area contributed by atoms with E-state index < -0.39 is 11.4 Å². The minimum absolute atomic E-state index is 0.0760. The number of nitrogens with zero attached hydrogens (tertiary/aromatic N) is 1. The van der Waals surface area contributed by atoms with Crippen molar-refractivity contribution in [1.82, 2.24) is 4.90 Å². The zero-order chi connectivity index (χ0) is 19.6. The molecule has 2 rings (SSSR count). The smallest absolute Gasteiger partial charge is 0.304 e. The van der Waals surface area contributed by atoms with Gasteiger partial charge in [-0.2, -0.15) is 0 Å². The van der Waals surface area contributed by atoms with Crippen LogP contribution in [-0.4, -0.2) is 35.5 Å². The molecule has 1 aromatic rings. The van der Waals surface area contributed by atoms with Crippen LogP contribution in [0.25, 0.3) is 0 Å². The third-order valence-corrected chi connectivity index (χ3v) is 4.17. The molecule has 6 nitrogen and oxygen atoms in total. The number of para-hydroxylation sites is 1. The largest absolute Gasteiger partial charge is 0.359 e. The Morgan fingerprint density at radius 1 is 1.31 bits per heavy atom. The van der Waals surface area contributed by atoms with Crippen molar-refractivity contribution in [2.24, 2.45) is 5.73 Å². The summed E-state index contributed by atoms with van der Waals surface area (Å²) in [4.78, 5) is 25.0. The average molecular weight is 354 g/mol. The van der Waals surface area contributed by atoms with Gasteiger partial charge in [0.2, 0.25) is 0 Å². The molecule has 138 valence electrons. The predicted molar refractivity (Wildman–Crippen MR) is 105 cm³/mol. The summed E-state index contributed by atoms with van der Waals surface area (Å²) >= 11 is 0. The van der Waals surface area contributed by atoms with Crippen LogP contribution >= 0.6 is 0 Å². The first-order valence-corrected chi connectivity index (χ1v) is 8.46. The predicted octanol–water partition coefficient (Wildman–Crippen LogP) is 2.53. The number of terminal acetylenes is 1. The normalized spacial score (nSPS) is 15.1. The number of benzene rings is 1. The molecule has 1 fully saturated rings. The Kier molecular flexibility index (Phi) is 8.26. The maximum Gasteiger partial charge on any atom is 0.304 e. The number of amidine groups is 1. The van der Waals surface area contributed by atoms with E-state index in [9.17, 15) is 9.59 Å². The SMILES string of the molecule is C#CC(=O)N(C(=N)/C=C(/C)Nc1ccccc1)C1(C=O)CCCC1.CN. The first-order valence-electron chi connectivity index (χ1n) is 8.46. The molecule has 1 amide bonds. The van der Waals surface area contributed by atoms with Gasteiger partial charge in [-0.05, 0) is 50.9 Å². The van der Waals surface area contributed by atoms with E-state index in [0.29, 0.717) is 18.5 Å². The monoisotopic (exact) mass is 354 g/mol. The lowest BCUT2D eigenvalue weighted by atomic mass is 9.96. The van der Waals surface area contributed by atoms with E-state index in [1.54, 1.807) is 6.92 Å². The minimum atomic E-state index is -0.996. The highest BCUT2D eigenvalue weighted by Gasteiger charge is 2.43. The molecule has 1 aromatic carbocycles. The van der Waals surface area contributed by atoms with Gasteiger partial charge in [-0.3, -0.25) is 15.1 Å². The third-order valence-electron chi connectivity index (χ3n) is 4.17. The van der Waals surface area contributed by atoms with Gasteiger partial charge in [0.25, 0.3) is 0 Å². The molecule has 1 aliphatic rings. The Labute approximate surface area is 155 Å². The molecular formula is C20H26N4O2. The molecule has 0 bridgehead atoms. The summed E-state index contributed by atoms with van der Waals surface area (Å²) in [6, 6.07) is 9.50. The first-order chi connectivity index (χ1) is 12.5. The summed E-state index contributed by atoms with van der Waals surface area (Å²) in [6.45, 7) is 1.79. The maximum atomic E-state index is 12.2. The van der Waals surface area contributed by atoms with Crippen LogP contribution in [0.15, 0.2) is 42.1 Å². The number of anilines is 1. The van der Waals surface area contributed by atoms with Crippen LogP contribution in [-0.2, 0) is 9.59 Å². The van der Waals surface area contributed by atoms with E-state index in [2.05, 4.69) is 11.1 Å². The van der Waals surface area contributed by atoms with Crippen molar-refractivity contribution < 1.29 is 9.59 Å². The van der Waals surface area contributed by atoms with Crippen LogP contribution < -0.4 is 11.1 Å². The lowest BCUT2D eigenvalue weighted by Crippen LogP contribution is -2.53. The van der Waals surface area contributed by atoms with Gasteiger partial charge in [-0.15, -0.1) is 6.42 Å². The van der Waals surface area contributed by atoms with Crippen molar-refractivity contribution in [2.45, 2.75) is 38.1 Å². The fraction of sp³-hybridized carbons (Fsp3) is 0.350. The Morgan fingerprint density at radius 2 is 1.88 bits per heavy atom. The van der Waals surface area contributed by atoms with Crippen molar-refractivity contribution in [3.8, 4) is 12.3 Å². The molecule has 0 spiro atoms. The van der Waals surface area contributed by atoms with E-state index >= 15 is 0 Å². The van der Waals surface area contributed by atoms with Crippen LogP contribution in [0.3, 0.4) is 0 Å². The van der Waals surface area contributed by atoms with Crippen LogP contribution in [0.5, 0.6) is 0 Å². The van der Waals surface area contributed by atoms with Gasteiger partial charge < -0.3 is 15.8 Å². The summed E-state index contributed by atoms with van der Waals surface area (Å²) in [5, 5.41) is 11.5. The summed E-state index contributed by atoms with van der Waals surface area (Å²) in [5.41, 5.74) is 5.06. The van der Waals surface area contributed by atoms with Crippen LogP contribution in [0.2, 0.25) is 0 Å². The van der Waals surface area contributed by atoms with Crippen LogP contribution in [0.1, 0.15) is 32.6 Å². The molecule has 0 aromatic heterocycles. The standard InChI is InChI=1S/C19H21N3O2.CH5N/c1-3-18(24)22(19(14-23)11-7-8-12-19)17(20)13-15(2)21-16-9-5-4-6-10-16;1-2/h1,4-6,9-10,13-14,20-21H,7-8,11-12H2,2H3;2H2,1H3/b15-13-,20-17?;. The zero-order valence-electron chi connectivity index (χ0n) is 15.3. The highest BCUT2D eigenvalue weighted by atomic mass is 16.2. The van der Waals surface area contributed by atoms with Gasteiger partial charge >= 0.3 is 5.91 Å². The Bertz CT molecular complexity index is 698. The summed E-state index contributed by atoms with van der Waals surface area (Å²) in [6.07, 6.45) is 10.3. The van der Waals surface area contributed by atoms with Crippen molar-refractivity contribution in [3.63, 3.8) is 0 Å². The fourth-order valence-electron chi connectivity index (χ4n) is 3.05. The average Bonchev–Trinajstić information content (AvgIpc) is 3.13. The second kappa shape index (κ2) is 10.2. The number of hydrogen-bond donors (Lipinski definition) is 3. The number of allylic oxidation sites excluding steroid dienone is 1. The molecule has 0 saturated heterocycles. The van der Waals surface area contributed by atoms with Gasteiger partial charge in [0.15, 0.2) is 0 Å². The number of amides is 1. The van der Waals surface area contributed by atoms with E-state index in [1.165, 1.54) is 13.1 Å². The van der Waals surface area contributed by atoms with Crippen LogP contribution in [0.4, 0.5) is 5.69 Å². The maximum absolute atomic E-state index is 12.2. The minimum Gasteiger partial charge on any atom is -0.359 e. The van der Waals surface area contributed by atoms with Gasteiger partial charge in [-0.1, -0.05) is 31.0 Å². The Balaban J connectivity index is 0.00000163. The molecule has 26 heavy (non-hydrogen) atoms. The van der Waals surface area contributed by atoms with E-state index in [1.807, 2.05) is 36.3 Å². The number of carbonyl (C=O) groups excluding carboxylic acids is 2. The summed E-state index contributed by atoms with van der Waals surface area (Å²) in [5.74, 6) is 1.31. The van der Waals surface area contributed by atoms with Gasteiger partial charge in [0.1, 0.15) is 17.7 Å². The van der Waals surface area contributed by atoms with Gasteiger partial charge in [0, 0.05) is 11.4 Å². The number of aldehydes is 1. The number of nitrogens with one attached hydrogen (secondary N) is 2. The number of carbonyl (C=O) groups is 2. The topological polar surface area (TPSA) is 99.3 Å². The second-order valence-corrected chi connectivity index (χ2v) is 5.92. The third kappa shape index (κ3) is 5.04. The molecule has 0 radical (unpaired) electrons. The summed E-state index contributed by atoms with van der Waals surface area (Å²) in [7, 11) is 1.50. The van der Waals surface area contributed by atoms with Crippen molar-refractivity contribution >= 4 is 23.7 Å². The highest BCUT2D eigenvalue weighted by molar-refractivity contribution is 6.11. The molecule has 0 heterocycles. The molecular weight excluding hydrogens is 328 g/mol. The van der Waals surface area contributed by atoms with E-state index in [-0.39, 0.29) is 5.84 Å². The Morgan fingerprint density at radius 3 is 2.38 bits per heavy atom. The van der Waals surface area contributed by atoms with Crippen molar-refractivity contribution in [3.05, 3.63) is 42.1 Å². The molecule has 4 N–H and O–H groups in total. The molecule has 1 saturated carbocycles. The van der Waals surface area contributed by atoms with Gasteiger partial charge in [-0.25, -0.2) is 0 Å². The fourth-order valence-corrected chi connectivity index (χ4v) is 3.05. The quantitative estimate of drug-likeness (QED) is 0.327. The molecule has 6 heteroatoms. The Hall–Kier alpha value is -2.91. The van der Waals surface area contributed by atoms with Crippen molar-refractivity contribution in [2.75, 3.05) is 12.4 Å². The van der Waals surface area contributed by atoms with Crippen molar-refractivity contribution in [1.29, 1.82) is 5.41 Å². The second-order valence-electron chi connectivity index (χ2n) is 5.92. The number of rotatable bonds is 5. The molecule has 1 aliphatic carbocycles. The van der Waals surface area contributed by atoms with Crippen LogP contribution in [0, 0.1) is 17.8 Å². The molecule has 0 aliphatic heterocycles. The molecule has 0 unspecified atom stereocenters. The van der Waals surface area contributed by atoms with E-state index in [0.717, 1.165) is 29.7 Å².